The molecule has 2 heterocycles. The van der Waals surface area contributed by atoms with Crippen LogP contribution in [0.15, 0.2) is 17.2 Å². The van der Waals surface area contributed by atoms with Crippen molar-refractivity contribution in [2.75, 3.05) is 26.7 Å². The summed E-state index contributed by atoms with van der Waals surface area (Å²) in [7, 11) is -1.41. The zero-order valence-electron chi connectivity index (χ0n) is 11.5. The fourth-order valence-corrected chi connectivity index (χ4v) is 3.95. The van der Waals surface area contributed by atoms with Gasteiger partial charge in [-0.25, -0.2) is 8.42 Å². The second kappa shape index (κ2) is 5.09. The molecule has 1 aromatic heterocycles. The maximum absolute atomic E-state index is 12.6. The molecule has 0 aromatic carbocycles. The van der Waals surface area contributed by atoms with Gasteiger partial charge in [0.25, 0.3) is 0 Å². The van der Waals surface area contributed by atoms with E-state index >= 15 is 0 Å². The monoisotopic (exact) mass is 305 g/mol. The van der Waals surface area contributed by atoms with Crippen LogP contribution in [0.4, 0.5) is 0 Å². The summed E-state index contributed by atoms with van der Waals surface area (Å²) in [4.78, 5) is 5.36. The van der Waals surface area contributed by atoms with Gasteiger partial charge in [-0.05, 0) is 27.0 Å². The van der Waals surface area contributed by atoms with Crippen molar-refractivity contribution in [3.8, 4) is 0 Å². The zero-order valence-corrected chi connectivity index (χ0v) is 13.1. The van der Waals surface area contributed by atoms with Crippen molar-refractivity contribution in [2.24, 2.45) is 0 Å². The van der Waals surface area contributed by atoms with E-state index in [1.807, 2.05) is 7.05 Å². The number of hydrogen-bond donors (Lipinski definition) is 1. The summed E-state index contributed by atoms with van der Waals surface area (Å²) in [6.07, 6.45) is 1.51. The molecule has 5 nitrogen and oxygen atoms in total. The highest BCUT2D eigenvalue weighted by Gasteiger charge is 2.37. The van der Waals surface area contributed by atoms with Crippen molar-refractivity contribution >= 4 is 21.6 Å². The van der Waals surface area contributed by atoms with E-state index in [2.05, 4.69) is 23.7 Å². The molecule has 0 bridgehead atoms. The van der Waals surface area contributed by atoms with Crippen LogP contribution in [0.1, 0.15) is 19.5 Å². The smallest absolute Gasteiger partial charge is 0.244 e. The summed E-state index contributed by atoms with van der Waals surface area (Å²) >= 11 is 5.69. The van der Waals surface area contributed by atoms with Crippen LogP contribution in [-0.4, -0.2) is 54.8 Å². The minimum absolute atomic E-state index is 0.156. The highest BCUT2D eigenvalue weighted by atomic mass is 35.5. The van der Waals surface area contributed by atoms with Crippen molar-refractivity contribution in [1.29, 1.82) is 0 Å². The van der Waals surface area contributed by atoms with E-state index in [1.165, 1.54) is 6.20 Å². The number of rotatable bonds is 3. The van der Waals surface area contributed by atoms with Crippen LogP contribution in [0.2, 0.25) is 0 Å². The lowest BCUT2D eigenvalue weighted by Gasteiger charge is -2.44. The maximum atomic E-state index is 12.6. The molecule has 0 spiro atoms. The van der Waals surface area contributed by atoms with Gasteiger partial charge < -0.3 is 4.98 Å². The normalized spacial score (nSPS) is 21.7. The lowest BCUT2D eigenvalue weighted by Crippen LogP contribution is -2.58. The molecular weight excluding hydrogens is 286 g/mol. The maximum Gasteiger partial charge on any atom is 0.244 e. The van der Waals surface area contributed by atoms with E-state index in [-0.39, 0.29) is 11.4 Å². The number of nitrogens with zero attached hydrogens (tertiary/aromatic N) is 2. The molecule has 1 saturated heterocycles. The van der Waals surface area contributed by atoms with Crippen molar-refractivity contribution in [3.05, 3.63) is 18.0 Å². The van der Waals surface area contributed by atoms with Crippen LogP contribution < -0.4 is 0 Å². The first-order valence-electron chi connectivity index (χ1n) is 6.22. The fraction of sp³-hybridized carbons (Fsp3) is 0.667. The summed E-state index contributed by atoms with van der Waals surface area (Å²) in [6.45, 7) is 5.85. The summed E-state index contributed by atoms with van der Waals surface area (Å²) < 4.78 is 26.7. The van der Waals surface area contributed by atoms with Crippen LogP contribution in [0.25, 0.3) is 0 Å². The Morgan fingerprint density at radius 3 is 2.63 bits per heavy atom. The molecule has 0 amide bonds. The van der Waals surface area contributed by atoms with E-state index in [0.717, 1.165) is 6.54 Å². The third kappa shape index (κ3) is 2.81. The first-order chi connectivity index (χ1) is 8.77. The lowest BCUT2D eigenvalue weighted by molar-refractivity contribution is 0.0801. The SMILES string of the molecule is CN1CCN(S(=O)(=O)c2c[nH]c(CCl)c2)CC1(C)C. The highest BCUT2D eigenvalue weighted by Crippen LogP contribution is 2.25. The van der Waals surface area contributed by atoms with Gasteiger partial charge in [0.2, 0.25) is 10.0 Å². The van der Waals surface area contributed by atoms with Gasteiger partial charge in [-0.1, -0.05) is 0 Å². The Bertz CT molecular complexity index is 553. The molecule has 1 aliphatic rings. The van der Waals surface area contributed by atoms with E-state index in [9.17, 15) is 8.42 Å². The summed E-state index contributed by atoms with van der Waals surface area (Å²) in [5, 5.41) is 0. The van der Waals surface area contributed by atoms with Crippen molar-refractivity contribution in [1.82, 2.24) is 14.2 Å². The Balaban J connectivity index is 2.25. The van der Waals surface area contributed by atoms with E-state index < -0.39 is 10.0 Å². The zero-order chi connectivity index (χ0) is 14.3. The van der Waals surface area contributed by atoms with Gasteiger partial charge in [0.15, 0.2) is 0 Å². The number of aromatic nitrogens is 1. The van der Waals surface area contributed by atoms with Gasteiger partial charge >= 0.3 is 0 Å². The predicted octanol–water partition coefficient (Wildman–Crippen LogP) is 1.47. The highest BCUT2D eigenvalue weighted by molar-refractivity contribution is 7.89. The molecule has 1 N–H and O–H groups in total. The summed E-state index contributed by atoms with van der Waals surface area (Å²) in [5.74, 6) is 0.281. The number of halogens is 1. The van der Waals surface area contributed by atoms with Gasteiger partial charge in [-0.15, -0.1) is 11.6 Å². The van der Waals surface area contributed by atoms with Crippen LogP contribution in [0.3, 0.4) is 0 Å². The Morgan fingerprint density at radius 2 is 2.11 bits per heavy atom. The average molecular weight is 306 g/mol. The van der Waals surface area contributed by atoms with Crippen LogP contribution in [0, 0.1) is 0 Å². The molecule has 108 valence electrons. The first-order valence-corrected chi connectivity index (χ1v) is 8.19. The average Bonchev–Trinajstić information content (AvgIpc) is 2.81. The summed E-state index contributed by atoms with van der Waals surface area (Å²) in [6, 6.07) is 1.60. The first kappa shape index (κ1) is 14.8. The van der Waals surface area contributed by atoms with Crippen molar-refractivity contribution < 1.29 is 8.42 Å². The predicted molar refractivity (Wildman–Crippen MR) is 75.8 cm³/mol. The van der Waals surface area contributed by atoms with Crippen LogP contribution >= 0.6 is 11.6 Å². The number of piperazine rings is 1. The molecule has 0 unspecified atom stereocenters. The molecular formula is C12H20ClN3O2S. The third-order valence-corrected chi connectivity index (χ3v) is 5.89. The van der Waals surface area contributed by atoms with Crippen LogP contribution in [-0.2, 0) is 15.9 Å². The lowest BCUT2D eigenvalue weighted by atomic mass is 10.0. The van der Waals surface area contributed by atoms with Crippen molar-refractivity contribution in [2.45, 2.75) is 30.2 Å². The second-order valence-electron chi connectivity index (χ2n) is 5.57. The molecule has 1 aromatic rings. The molecule has 1 aliphatic heterocycles. The third-order valence-electron chi connectivity index (χ3n) is 3.78. The minimum Gasteiger partial charge on any atom is -0.363 e. The van der Waals surface area contributed by atoms with Gasteiger partial charge in [0.05, 0.1) is 10.8 Å². The van der Waals surface area contributed by atoms with Gasteiger partial charge in [-0.3, -0.25) is 4.90 Å². The molecule has 0 radical (unpaired) electrons. The molecule has 7 heteroatoms. The number of likely N-dealkylation sites (N-methyl/N-ethyl adjacent to an activating group) is 1. The molecule has 0 atom stereocenters. The fourth-order valence-electron chi connectivity index (χ4n) is 2.19. The molecule has 0 saturated carbocycles. The van der Waals surface area contributed by atoms with Crippen molar-refractivity contribution in [3.63, 3.8) is 0 Å². The van der Waals surface area contributed by atoms with Gasteiger partial charge in [0.1, 0.15) is 0 Å². The standard InChI is InChI=1S/C12H20ClN3O2S/c1-12(2)9-16(5-4-15(12)3)19(17,18)11-6-10(7-13)14-8-11/h6,8,14H,4-5,7,9H2,1-3H3. The summed E-state index contributed by atoms with van der Waals surface area (Å²) in [5.41, 5.74) is 0.561. The number of H-pyrrole nitrogens is 1. The largest absolute Gasteiger partial charge is 0.363 e. The van der Waals surface area contributed by atoms with E-state index in [4.69, 9.17) is 11.6 Å². The van der Waals surface area contributed by atoms with E-state index in [0.29, 0.717) is 23.7 Å². The van der Waals surface area contributed by atoms with Gasteiger partial charge in [-0.2, -0.15) is 4.31 Å². The minimum atomic E-state index is -3.43. The van der Waals surface area contributed by atoms with E-state index in [1.54, 1.807) is 10.4 Å². The Hall–Kier alpha value is -0.560. The van der Waals surface area contributed by atoms with Crippen LogP contribution in [0.5, 0.6) is 0 Å². The Morgan fingerprint density at radius 1 is 1.42 bits per heavy atom. The van der Waals surface area contributed by atoms with Gasteiger partial charge in [0, 0.05) is 37.1 Å². The molecule has 1 fully saturated rings. The topological polar surface area (TPSA) is 56.4 Å². The Kier molecular flexibility index (Phi) is 3.97. The molecule has 0 aliphatic carbocycles. The molecule has 19 heavy (non-hydrogen) atoms. The number of nitrogens with one attached hydrogen (secondary N) is 1. The number of aromatic amines is 1. The quantitative estimate of drug-likeness (QED) is 0.860. The number of sulfonamides is 1. The number of hydrogen-bond acceptors (Lipinski definition) is 3. The Labute approximate surface area is 119 Å². The second-order valence-corrected chi connectivity index (χ2v) is 7.77. The number of alkyl halides is 1. The molecule has 2 rings (SSSR count).